The molecule has 0 atom stereocenters. The van der Waals surface area contributed by atoms with Crippen LogP contribution in [0.2, 0.25) is 0 Å². The molecule has 0 bridgehead atoms. The number of para-hydroxylation sites is 1. The summed E-state index contributed by atoms with van der Waals surface area (Å²) in [5.41, 5.74) is 3.67. The van der Waals surface area contributed by atoms with Gasteiger partial charge in [-0.2, -0.15) is 4.98 Å². The van der Waals surface area contributed by atoms with E-state index in [2.05, 4.69) is 39.4 Å². The summed E-state index contributed by atoms with van der Waals surface area (Å²) in [4.78, 5) is 32.1. The minimum Gasteiger partial charge on any atom is -0.340 e. The fourth-order valence-electron chi connectivity index (χ4n) is 6.20. The van der Waals surface area contributed by atoms with Crippen molar-refractivity contribution in [1.82, 2.24) is 28.4 Å². The van der Waals surface area contributed by atoms with Crippen molar-refractivity contribution in [3.05, 3.63) is 131 Å². The van der Waals surface area contributed by atoms with E-state index in [1.54, 1.807) is 35.4 Å². The minimum absolute atomic E-state index is 0.0976. The molecule has 7 rings (SSSR count). The lowest BCUT2D eigenvalue weighted by atomic mass is 9.89. The molecule has 1 N–H and O–H groups in total. The van der Waals surface area contributed by atoms with Crippen LogP contribution in [-0.2, 0) is 16.6 Å². The van der Waals surface area contributed by atoms with Gasteiger partial charge in [0, 0.05) is 30.0 Å². The first-order valence-electron chi connectivity index (χ1n) is 15.8. The van der Waals surface area contributed by atoms with Gasteiger partial charge in [-0.1, -0.05) is 48.5 Å². The molecule has 0 spiro atoms. The highest BCUT2D eigenvalue weighted by atomic mass is 32.2. The third-order valence-corrected chi connectivity index (χ3v) is 10.7. The number of benzene rings is 3. The van der Waals surface area contributed by atoms with Crippen molar-refractivity contribution in [2.75, 3.05) is 37.4 Å². The van der Waals surface area contributed by atoms with E-state index in [-0.39, 0.29) is 17.0 Å². The van der Waals surface area contributed by atoms with Crippen LogP contribution in [0.4, 0.5) is 23.0 Å². The van der Waals surface area contributed by atoms with Crippen LogP contribution in [0.3, 0.4) is 0 Å². The summed E-state index contributed by atoms with van der Waals surface area (Å²) in [7, 11) is 0.0158. The lowest BCUT2D eigenvalue weighted by Gasteiger charge is -2.29. The number of anilines is 4. The summed E-state index contributed by atoms with van der Waals surface area (Å²) in [6, 6.07) is 27.8. The molecule has 1 saturated heterocycles. The summed E-state index contributed by atoms with van der Waals surface area (Å²) < 4.78 is 29.8. The number of hydrogen-bond donors (Lipinski definition) is 1. The van der Waals surface area contributed by atoms with Crippen LogP contribution in [0.15, 0.2) is 119 Å². The Morgan fingerprint density at radius 1 is 0.917 bits per heavy atom. The quantitative estimate of drug-likeness (QED) is 0.212. The maximum absolute atomic E-state index is 14.3. The molecule has 1 fully saturated rings. The fourth-order valence-corrected chi connectivity index (χ4v) is 7.52. The molecule has 12 heteroatoms. The van der Waals surface area contributed by atoms with Gasteiger partial charge in [0.2, 0.25) is 5.95 Å². The number of aromatic nitrogens is 5. The fraction of sp³-hybridized carbons (Fsp3) is 0.222. The van der Waals surface area contributed by atoms with Crippen LogP contribution in [0.1, 0.15) is 30.0 Å². The smallest absolute Gasteiger partial charge is 0.276 e. The number of nitrogens with one attached hydrogen (secondary N) is 1. The Balaban J connectivity index is 1.27. The molecule has 1 aliphatic rings. The first kappa shape index (κ1) is 31.3. The first-order valence-corrected chi connectivity index (χ1v) is 17.3. The Bertz CT molecular complexity index is 2210. The Hall–Kier alpha value is -5.33. The summed E-state index contributed by atoms with van der Waals surface area (Å²) in [5.74, 6) is 0.862. The van der Waals surface area contributed by atoms with Crippen molar-refractivity contribution in [2.24, 2.45) is 0 Å². The van der Waals surface area contributed by atoms with Crippen molar-refractivity contribution in [3.63, 3.8) is 0 Å². The molecular weight excluding hydrogens is 625 g/mol. The predicted octanol–water partition coefficient (Wildman–Crippen LogP) is 5.59. The Morgan fingerprint density at radius 3 is 2.31 bits per heavy atom. The lowest BCUT2D eigenvalue weighted by Crippen LogP contribution is -2.29. The highest BCUT2D eigenvalue weighted by molar-refractivity contribution is 7.90. The van der Waals surface area contributed by atoms with Crippen molar-refractivity contribution in [1.29, 1.82) is 0 Å². The number of hydrogen-bond acceptors (Lipinski definition) is 9. The predicted molar refractivity (Wildman–Crippen MR) is 188 cm³/mol. The van der Waals surface area contributed by atoms with Crippen molar-refractivity contribution in [3.8, 4) is 0 Å². The van der Waals surface area contributed by atoms with E-state index < -0.39 is 10.0 Å². The Labute approximate surface area is 279 Å². The molecule has 3 aromatic heterocycles. The van der Waals surface area contributed by atoms with E-state index in [0.717, 1.165) is 41.3 Å². The van der Waals surface area contributed by atoms with Crippen LogP contribution in [0.5, 0.6) is 0 Å². The van der Waals surface area contributed by atoms with Crippen LogP contribution < -0.4 is 15.8 Å². The van der Waals surface area contributed by atoms with Gasteiger partial charge in [-0.15, -0.1) is 0 Å². The number of fused-ring (bicyclic) bond motifs is 1. The number of rotatable bonds is 9. The van der Waals surface area contributed by atoms with E-state index in [4.69, 9.17) is 4.98 Å². The van der Waals surface area contributed by atoms with Gasteiger partial charge in [0.05, 0.1) is 23.3 Å². The summed E-state index contributed by atoms with van der Waals surface area (Å²) >= 11 is 0. The highest BCUT2D eigenvalue weighted by Crippen LogP contribution is 2.29. The number of piperidine rings is 1. The van der Waals surface area contributed by atoms with Gasteiger partial charge in [0.25, 0.3) is 15.6 Å². The zero-order valence-electron chi connectivity index (χ0n) is 26.8. The van der Waals surface area contributed by atoms with Gasteiger partial charge >= 0.3 is 0 Å². The van der Waals surface area contributed by atoms with Crippen LogP contribution in [0.25, 0.3) is 11.0 Å². The monoisotopic (exact) mass is 660 g/mol. The molecule has 48 heavy (non-hydrogen) atoms. The van der Waals surface area contributed by atoms with Gasteiger partial charge < -0.3 is 15.1 Å². The number of likely N-dealkylation sites (tertiary alicyclic amines) is 1. The molecule has 0 unspecified atom stereocenters. The van der Waals surface area contributed by atoms with Gasteiger partial charge in [0.15, 0.2) is 0 Å². The normalized spacial score (nSPS) is 14.3. The largest absolute Gasteiger partial charge is 0.340 e. The van der Waals surface area contributed by atoms with Gasteiger partial charge in [-0.25, -0.2) is 22.4 Å². The maximum Gasteiger partial charge on any atom is 0.276 e. The molecule has 1 aliphatic heterocycles. The zero-order chi connectivity index (χ0) is 33.3. The molecular formula is C36H36N8O3S. The second-order valence-corrected chi connectivity index (χ2v) is 13.9. The van der Waals surface area contributed by atoms with Crippen molar-refractivity contribution in [2.45, 2.75) is 30.2 Å². The second kappa shape index (κ2) is 13.1. The standard InChI is InChI=1S/C36H36N8O3S/c1-41-19-17-27(18-20-41)26-13-15-29(16-14-26)39-36-38-22-28-21-33(42(2)30-9-5-3-6-10-30)35(45)43(34(28)40-36)24-31-23-37-25-44(31)48(46,47)32-11-7-4-8-12-32/h3-16,21-23,25,27H,17-20,24H2,1-2H3,(H,38,39,40). The lowest BCUT2D eigenvalue weighted by molar-refractivity contribution is 0.255. The summed E-state index contributed by atoms with van der Waals surface area (Å²) in [6.07, 6.45) is 6.66. The van der Waals surface area contributed by atoms with E-state index in [1.165, 1.54) is 34.8 Å². The number of nitrogens with zero attached hydrogens (tertiary/aromatic N) is 7. The zero-order valence-corrected chi connectivity index (χ0v) is 27.6. The Kier molecular flexibility index (Phi) is 8.50. The van der Waals surface area contributed by atoms with Gasteiger partial charge in [0.1, 0.15) is 17.7 Å². The van der Waals surface area contributed by atoms with Gasteiger partial charge in [-0.3, -0.25) is 9.36 Å². The van der Waals surface area contributed by atoms with Crippen molar-refractivity contribution < 1.29 is 8.42 Å². The number of imidazole rings is 1. The molecule has 0 amide bonds. The van der Waals surface area contributed by atoms with Gasteiger partial charge in [-0.05, 0) is 86.9 Å². The minimum atomic E-state index is -3.96. The van der Waals surface area contributed by atoms with Crippen LogP contribution in [-0.4, -0.2) is 64.0 Å². The Morgan fingerprint density at radius 2 is 1.60 bits per heavy atom. The maximum atomic E-state index is 14.3. The second-order valence-electron chi connectivity index (χ2n) is 12.1. The molecule has 0 radical (unpaired) electrons. The highest BCUT2D eigenvalue weighted by Gasteiger charge is 2.23. The third-order valence-electron chi connectivity index (χ3n) is 8.97. The van der Waals surface area contributed by atoms with Crippen molar-refractivity contribution >= 4 is 44.1 Å². The molecule has 3 aromatic carbocycles. The van der Waals surface area contributed by atoms with E-state index in [1.807, 2.05) is 49.5 Å². The molecule has 4 heterocycles. The SMILES string of the molecule is CN1CCC(c2ccc(Nc3ncc4cc(N(C)c5ccccc5)c(=O)n(Cc5cncn5S(=O)(=O)c5ccccc5)c4n3)cc2)CC1. The topological polar surface area (TPSA) is 118 Å². The summed E-state index contributed by atoms with van der Waals surface area (Å²) in [5, 5.41) is 3.91. The molecule has 244 valence electrons. The molecule has 0 saturated carbocycles. The average molecular weight is 661 g/mol. The van der Waals surface area contributed by atoms with Crippen LogP contribution in [0, 0.1) is 0 Å². The van der Waals surface area contributed by atoms with E-state index >= 15 is 0 Å². The van der Waals surface area contributed by atoms with E-state index in [9.17, 15) is 13.2 Å². The summed E-state index contributed by atoms with van der Waals surface area (Å²) in [6.45, 7) is 2.10. The molecule has 0 aliphatic carbocycles. The molecule has 11 nitrogen and oxygen atoms in total. The van der Waals surface area contributed by atoms with Crippen LogP contribution >= 0.6 is 0 Å². The molecule has 6 aromatic rings. The average Bonchev–Trinajstić information content (AvgIpc) is 3.60. The van der Waals surface area contributed by atoms with E-state index in [0.29, 0.717) is 34.3 Å². The third kappa shape index (κ3) is 6.19. The first-order chi connectivity index (χ1) is 23.3. The number of pyridine rings is 1.